The van der Waals surface area contributed by atoms with Crippen LogP contribution in [0.15, 0.2) is 94.6 Å². The number of benzene rings is 3. The summed E-state index contributed by atoms with van der Waals surface area (Å²) in [5, 5.41) is 8.67. The number of hydrazone groups is 1. The van der Waals surface area contributed by atoms with Crippen molar-refractivity contribution >= 4 is 11.4 Å². The van der Waals surface area contributed by atoms with E-state index in [1.165, 1.54) is 0 Å². The van der Waals surface area contributed by atoms with Gasteiger partial charge in [0.15, 0.2) is 0 Å². The Morgan fingerprint density at radius 3 is 2.25 bits per heavy atom. The SMILES string of the molecule is COc1ccc(-c2nc(/C(=N/Nc3ccccc3)c3ccccc3)no2)cc1. The van der Waals surface area contributed by atoms with Crippen LogP contribution >= 0.6 is 0 Å². The first-order valence-electron chi connectivity index (χ1n) is 8.76. The second-order valence-corrected chi connectivity index (χ2v) is 5.96. The van der Waals surface area contributed by atoms with Crippen molar-refractivity contribution in [2.75, 3.05) is 12.5 Å². The quantitative estimate of drug-likeness (QED) is 0.396. The van der Waals surface area contributed by atoms with E-state index in [2.05, 4.69) is 20.7 Å². The Labute approximate surface area is 162 Å². The molecule has 0 spiro atoms. The van der Waals surface area contributed by atoms with Gasteiger partial charge in [0.25, 0.3) is 5.89 Å². The lowest BCUT2D eigenvalue weighted by Crippen LogP contribution is -2.08. The van der Waals surface area contributed by atoms with E-state index in [9.17, 15) is 0 Å². The van der Waals surface area contributed by atoms with Crippen LogP contribution in [0.3, 0.4) is 0 Å². The summed E-state index contributed by atoms with van der Waals surface area (Å²) in [6.45, 7) is 0. The predicted octanol–water partition coefficient (Wildman–Crippen LogP) is 4.61. The van der Waals surface area contributed by atoms with Gasteiger partial charge in [-0.05, 0) is 36.4 Å². The second-order valence-electron chi connectivity index (χ2n) is 5.96. The number of methoxy groups -OCH3 is 1. The van der Waals surface area contributed by atoms with Crippen molar-refractivity contribution < 1.29 is 9.26 Å². The number of rotatable bonds is 6. The normalized spacial score (nSPS) is 11.2. The highest BCUT2D eigenvalue weighted by molar-refractivity contribution is 6.10. The zero-order valence-corrected chi connectivity index (χ0v) is 15.2. The first-order valence-corrected chi connectivity index (χ1v) is 8.76. The van der Waals surface area contributed by atoms with Gasteiger partial charge in [-0.15, -0.1) is 0 Å². The van der Waals surface area contributed by atoms with Gasteiger partial charge in [0, 0.05) is 11.1 Å². The molecule has 0 bridgehead atoms. The van der Waals surface area contributed by atoms with Crippen LogP contribution in [-0.4, -0.2) is 23.0 Å². The third kappa shape index (κ3) is 3.91. The molecule has 6 nitrogen and oxygen atoms in total. The molecule has 0 fully saturated rings. The molecule has 3 aromatic carbocycles. The van der Waals surface area contributed by atoms with Gasteiger partial charge in [0.2, 0.25) is 5.82 Å². The van der Waals surface area contributed by atoms with Crippen LogP contribution in [0.5, 0.6) is 5.75 Å². The van der Waals surface area contributed by atoms with Crippen LogP contribution in [0.4, 0.5) is 5.69 Å². The van der Waals surface area contributed by atoms with Crippen molar-refractivity contribution in [1.29, 1.82) is 0 Å². The predicted molar refractivity (Wildman–Crippen MR) is 108 cm³/mol. The van der Waals surface area contributed by atoms with Gasteiger partial charge in [0.05, 0.1) is 12.8 Å². The summed E-state index contributed by atoms with van der Waals surface area (Å²) in [6, 6.07) is 26.9. The highest BCUT2D eigenvalue weighted by Crippen LogP contribution is 2.21. The first kappa shape index (κ1) is 17.5. The molecule has 0 amide bonds. The molecule has 138 valence electrons. The van der Waals surface area contributed by atoms with Gasteiger partial charge >= 0.3 is 0 Å². The van der Waals surface area contributed by atoms with Crippen LogP contribution in [0.2, 0.25) is 0 Å². The van der Waals surface area contributed by atoms with Gasteiger partial charge in [-0.3, -0.25) is 5.43 Å². The summed E-state index contributed by atoms with van der Waals surface area (Å²) in [5.41, 5.74) is 6.21. The van der Waals surface area contributed by atoms with E-state index >= 15 is 0 Å². The van der Waals surface area contributed by atoms with Gasteiger partial charge in [-0.2, -0.15) is 10.1 Å². The smallest absolute Gasteiger partial charge is 0.258 e. The molecular formula is C22H18N4O2. The molecule has 4 rings (SSSR count). The zero-order valence-electron chi connectivity index (χ0n) is 15.2. The van der Waals surface area contributed by atoms with Crippen LogP contribution in [0, 0.1) is 0 Å². The van der Waals surface area contributed by atoms with Crippen molar-refractivity contribution in [2.24, 2.45) is 5.10 Å². The summed E-state index contributed by atoms with van der Waals surface area (Å²) in [5.74, 6) is 1.59. The van der Waals surface area contributed by atoms with Crippen molar-refractivity contribution in [1.82, 2.24) is 10.1 Å². The molecule has 0 radical (unpaired) electrons. The molecular weight excluding hydrogens is 352 g/mol. The Morgan fingerprint density at radius 1 is 0.893 bits per heavy atom. The van der Waals surface area contributed by atoms with Crippen molar-refractivity contribution in [3.63, 3.8) is 0 Å². The number of ether oxygens (including phenoxy) is 1. The van der Waals surface area contributed by atoms with Gasteiger partial charge in [-0.25, -0.2) is 0 Å². The minimum absolute atomic E-state index is 0.403. The number of hydrogen-bond acceptors (Lipinski definition) is 6. The average Bonchev–Trinajstić information content (AvgIpc) is 3.25. The van der Waals surface area contributed by atoms with Gasteiger partial charge in [-0.1, -0.05) is 53.7 Å². The molecule has 4 aromatic rings. The molecule has 6 heteroatoms. The fraction of sp³-hybridized carbons (Fsp3) is 0.0455. The number of anilines is 1. The van der Waals surface area contributed by atoms with Crippen LogP contribution in [0.25, 0.3) is 11.5 Å². The number of nitrogens with zero attached hydrogens (tertiary/aromatic N) is 3. The Bertz CT molecular complexity index is 1060. The lowest BCUT2D eigenvalue weighted by molar-refractivity contribution is 0.414. The topological polar surface area (TPSA) is 72.5 Å². The van der Waals surface area contributed by atoms with Gasteiger partial charge < -0.3 is 9.26 Å². The van der Waals surface area contributed by atoms with E-state index in [0.29, 0.717) is 17.4 Å². The Hall–Kier alpha value is -3.93. The standard InChI is InChI=1S/C22H18N4O2/c1-27-19-14-12-17(13-15-19)22-23-21(26-28-22)20(16-8-4-2-5-9-16)25-24-18-10-6-3-7-11-18/h2-15,24H,1H3/b25-20+. The van der Waals surface area contributed by atoms with Crippen LogP contribution in [-0.2, 0) is 0 Å². The van der Waals surface area contributed by atoms with E-state index in [1.54, 1.807) is 7.11 Å². The maximum atomic E-state index is 5.47. The second kappa shape index (κ2) is 8.18. The number of aromatic nitrogens is 2. The summed E-state index contributed by atoms with van der Waals surface area (Å²) >= 11 is 0. The molecule has 0 unspecified atom stereocenters. The van der Waals surface area contributed by atoms with Crippen LogP contribution < -0.4 is 10.2 Å². The molecule has 28 heavy (non-hydrogen) atoms. The molecule has 0 saturated heterocycles. The first-order chi connectivity index (χ1) is 13.8. The highest BCUT2D eigenvalue weighted by atomic mass is 16.5. The van der Waals surface area contributed by atoms with E-state index < -0.39 is 0 Å². The summed E-state index contributed by atoms with van der Waals surface area (Å²) in [6.07, 6.45) is 0. The van der Waals surface area contributed by atoms with Gasteiger partial charge in [0.1, 0.15) is 11.5 Å². The Balaban J connectivity index is 1.68. The van der Waals surface area contributed by atoms with E-state index in [-0.39, 0.29) is 0 Å². The van der Waals surface area contributed by atoms with E-state index in [0.717, 1.165) is 22.6 Å². The fourth-order valence-corrected chi connectivity index (χ4v) is 2.64. The molecule has 0 aliphatic carbocycles. The average molecular weight is 370 g/mol. The summed E-state index contributed by atoms with van der Waals surface area (Å²) in [4.78, 5) is 4.54. The summed E-state index contributed by atoms with van der Waals surface area (Å²) < 4.78 is 10.7. The minimum atomic E-state index is 0.403. The lowest BCUT2D eigenvalue weighted by atomic mass is 10.1. The lowest BCUT2D eigenvalue weighted by Gasteiger charge is -2.04. The summed E-state index contributed by atoms with van der Waals surface area (Å²) in [7, 11) is 1.63. The maximum absolute atomic E-state index is 5.47. The van der Waals surface area contributed by atoms with E-state index in [1.807, 2.05) is 84.9 Å². The molecule has 1 N–H and O–H groups in total. The monoisotopic (exact) mass is 370 g/mol. The van der Waals surface area contributed by atoms with E-state index in [4.69, 9.17) is 9.26 Å². The Kier molecular flexibility index (Phi) is 5.11. The molecule has 0 atom stereocenters. The molecule has 1 heterocycles. The number of nitrogens with one attached hydrogen (secondary N) is 1. The molecule has 0 aliphatic heterocycles. The zero-order chi connectivity index (χ0) is 19.2. The fourth-order valence-electron chi connectivity index (χ4n) is 2.64. The third-order valence-corrected chi connectivity index (χ3v) is 4.09. The van der Waals surface area contributed by atoms with Crippen molar-refractivity contribution in [3.8, 4) is 17.2 Å². The Morgan fingerprint density at radius 2 is 1.57 bits per heavy atom. The molecule has 0 saturated carbocycles. The largest absolute Gasteiger partial charge is 0.497 e. The van der Waals surface area contributed by atoms with Crippen molar-refractivity contribution in [3.05, 3.63) is 96.3 Å². The third-order valence-electron chi connectivity index (χ3n) is 4.09. The molecule has 0 aliphatic rings. The number of hydrogen-bond donors (Lipinski definition) is 1. The molecule has 1 aromatic heterocycles. The maximum Gasteiger partial charge on any atom is 0.258 e. The highest BCUT2D eigenvalue weighted by Gasteiger charge is 2.16. The minimum Gasteiger partial charge on any atom is -0.497 e. The number of para-hydroxylation sites is 1. The van der Waals surface area contributed by atoms with Crippen molar-refractivity contribution in [2.45, 2.75) is 0 Å². The van der Waals surface area contributed by atoms with Crippen LogP contribution in [0.1, 0.15) is 11.4 Å².